The normalized spacial score (nSPS) is 14.3. The van der Waals surface area contributed by atoms with Crippen molar-refractivity contribution in [1.29, 1.82) is 0 Å². The molecule has 0 heterocycles. The maximum absolute atomic E-state index is 12.4. The van der Waals surface area contributed by atoms with E-state index in [1.165, 1.54) is 25.1 Å². The van der Waals surface area contributed by atoms with Gasteiger partial charge < -0.3 is 34.1 Å². The molecule has 0 aromatic heterocycles. The van der Waals surface area contributed by atoms with E-state index in [1.807, 2.05) is 27.7 Å². The van der Waals surface area contributed by atoms with Gasteiger partial charge in [0.25, 0.3) is 0 Å². The number of ether oxygens (including phenoxy) is 5. The number of benzene rings is 1. The first-order valence-corrected chi connectivity index (χ1v) is 12.2. The average Bonchev–Trinajstić information content (AvgIpc) is 2.77. The summed E-state index contributed by atoms with van der Waals surface area (Å²) in [7, 11) is 0. The number of aliphatic carboxylic acids is 1. The molecule has 0 spiro atoms. The van der Waals surface area contributed by atoms with Gasteiger partial charge in [-0.3, -0.25) is 9.59 Å². The zero-order chi connectivity index (χ0) is 28.3. The summed E-state index contributed by atoms with van der Waals surface area (Å²) in [5.41, 5.74) is 0.469. The smallest absolute Gasteiger partial charge is 0.480 e. The number of carboxylic acids is 1. The Morgan fingerprint density at radius 3 is 1.78 bits per heavy atom. The third-order valence-corrected chi connectivity index (χ3v) is 5.59. The Hall–Kier alpha value is -3.34. The number of nitrogens with one attached hydrogen (secondary N) is 1. The SMILES string of the molecule is CC(=O)OC(C)CN[C@@H](Cc1ccc(OC(=O)OC(C)C(C)C)c(OC(=O)OC(C)C(C)C)c1)C(=O)O. The number of carbonyl (C=O) groups excluding carboxylic acids is 3. The Kier molecular flexibility index (Phi) is 12.9. The maximum atomic E-state index is 12.4. The Bertz CT molecular complexity index is 930. The third kappa shape index (κ3) is 12.0. The van der Waals surface area contributed by atoms with E-state index >= 15 is 0 Å². The first-order valence-electron chi connectivity index (χ1n) is 12.2. The second-order valence-corrected chi connectivity index (χ2v) is 9.54. The van der Waals surface area contributed by atoms with E-state index in [2.05, 4.69) is 5.32 Å². The highest BCUT2D eigenvalue weighted by molar-refractivity contribution is 5.74. The van der Waals surface area contributed by atoms with Crippen molar-refractivity contribution in [3.05, 3.63) is 23.8 Å². The first kappa shape index (κ1) is 31.7. The molecular weight excluding hydrogens is 486 g/mol. The molecule has 0 amide bonds. The molecule has 1 rings (SSSR count). The highest BCUT2D eigenvalue weighted by Gasteiger charge is 2.23. The Labute approximate surface area is 217 Å². The van der Waals surface area contributed by atoms with Gasteiger partial charge in [0.05, 0.1) is 0 Å². The molecule has 1 aromatic rings. The quantitative estimate of drug-likeness (QED) is 0.215. The molecule has 3 unspecified atom stereocenters. The minimum absolute atomic E-state index is 0.00889. The van der Waals surface area contributed by atoms with Crippen molar-refractivity contribution in [3.63, 3.8) is 0 Å². The van der Waals surface area contributed by atoms with E-state index in [1.54, 1.807) is 20.8 Å². The third-order valence-electron chi connectivity index (χ3n) is 5.59. The summed E-state index contributed by atoms with van der Waals surface area (Å²) in [5.74, 6) is -1.74. The molecular formula is C26H39NO10. The van der Waals surface area contributed by atoms with Crippen molar-refractivity contribution in [1.82, 2.24) is 5.32 Å². The lowest BCUT2D eigenvalue weighted by Crippen LogP contribution is -2.42. The van der Waals surface area contributed by atoms with Gasteiger partial charge in [-0.2, -0.15) is 0 Å². The van der Waals surface area contributed by atoms with Crippen molar-refractivity contribution in [2.45, 2.75) is 86.2 Å². The molecule has 208 valence electrons. The molecule has 0 bridgehead atoms. The fourth-order valence-corrected chi connectivity index (χ4v) is 2.76. The standard InChI is InChI=1S/C26H39NO10/c1-14(2)17(6)34-25(31)36-22-10-9-20(12-23(22)37-26(32)35-18(7)15(3)4)11-21(24(29)30)27-13-16(5)33-19(8)28/h9-10,12,14-18,21,27H,11,13H2,1-8H3,(H,29,30)/t16?,17?,18?,21-/m0/s1. The number of rotatable bonds is 13. The number of esters is 1. The van der Waals surface area contributed by atoms with Gasteiger partial charge >= 0.3 is 24.2 Å². The summed E-state index contributed by atoms with van der Waals surface area (Å²) >= 11 is 0. The molecule has 0 saturated heterocycles. The van der Waals surface area contributed by atoms with E-state index in [-0.39, 0.29) is 36.3 Å². The fourth-order valence-electron chi connectivity index (χ4n) is 2.76. The Morgan fingerprint density at radius 2 is 1.32 bits per heavy atom. The molecule has 0 saturated carbocycles. The molecule has 0 aliphatic rings. The molecule has 1 aromatic carbocycles. The highest BCUT2D eigenvalue weighted by atomic mass is 16.7. The van der Waals surface area contributed by atoms with Crippen molar-refractivity contribution < 1.29 is 48.0 Å². The molecule has 0 radical (unpaired) electrons. The van der Waals surface area contributed by atoms with Gasteiger partial charge in [0, 0.05) is 13.5 Å². The zero-order valence-electron chi connectivity index (χ0n) is 22.7. The minimum Gasteiger partial charge on any atom is -0.480 e. The second kappa shape index (κ2) is 15.0. The van der Waals surface area contributed by atoms with Gasteiger partial charge in [0.1, 0.15) is 24.4 Å². The monoisotopic (exact) mass is 525 g/mol. The fraction of sp³-hybridized carbons (Fsp3) is 0.615. The second-order valence-electron chi connectivity index (χ2n) is 9.54. The predicted molar refractivity (Wildman–Crippen MR) is 134 cm³/mol. The Balaban J connectivity index is 3.12. The molecule has 11 heteroatoms. The van der Waals surface area contributed by atoms with E-state index in [0.29, 0.717) is 5.56 Å². The van der Waals surface area contributed by atoms with Crippen LogP contribution in [0.25, 0.3) is 0 Å². The van der Waals surface area contributed by atoms with Crippen LogP contribution in [0.2, 0.25) is 0 Å². The van der Waals surface area contributed by atoms with Gasteiger partial charge in [-0.25, -0.2) is 9.59 Å². The summed E-state index contributed by atoms with van der Waals surface area (Å²) in [6.07, 6.45) is -3.37. The molecule has 0 fully saturated rings. The Morgan fingerprint density at radius 1 is 0.811 bits per heavy atom. The summed E-state index contributed by atoms with van der Waals surface area (Å²) in [4.78, 5) is 47.5. The van der Waals surface area contributed by atoms with Gasteiger partial charge in [-0.15, -0.1) is 0 Å². The van der Waals surface area contributed by atoms with Crippen LogP contribution in [0.1, 0.15) is 61.0 Å². The average molecular weight is 526 g/mol. The van der Waals surface area contributed by atoms with Crippen LogP contribution >= 0.6 is 0 Å². The van der Waals surface area contributed by atoms with E-state index in [0.717, 1.165) is 0 Å². The summed E-state index contributed by atoms with van der Waals surface area (Å²) in [5, 5.41) is 12.5. The first-order chi connectivity index (χ1) is 17.2. The lowest BCUT2D eigenvalue weighted by atomic mass is 10.0. The predicted octanol–water partition coefficient (Wildman–Crippen LogP) is 4.34. The lowest BCUT2D eigenvalue weighted by molar-refractivity contribution is -0.145. The summed E-state index contributed by atoms with van der Waals surface area (Å²) in [6, 6.07) is 3.27. The van der Waals surface area contributed by atoms with Crippen molar-refractivity contribution in [2.24, 2.45) is 11.8 Å². The van der Waals surface area contributed by atoms with Crippen LogP contribution in [0, 0.1) is 11.8 Å². The zero-order valence-corrected chi connectivity index (χ0v) is 22.7. The van der Waals surface area contributed by atoms with E-state index < -0.39 is 48.6 Å². The number of hydrogen-bond acceptors (Lipinski definition) is 10. The molecule has 37 heavy (non-hydrogen) atoms. The van der Waals surface area contributed by atoms with Crippen molar-refractivity contribution in [3.8, 4) is 11.5 Å². The van der Waals surface area contributed by atoms with Crippen LogP contribution in [-0.2, 0) is 30.2 Å². The minimum atomic E-state index is -1.13. The maximum Gasteiger partial charge on any atom is 0.514 e. The highest BCUT2D eigenvalue weighted by Crippen LogP contribution is 2.30. The van der Waals surface area contributed by atoms with Gasteiger partial charge in [0.2, 0.25) is 0 Å². The van der Waals surface area contributed by atoms with Gasteiger partial charge in [-0.1, -0.05) is 33.8 Å². The molecule has 0 aliphatic heterocycles. The molecule has 11 nitrogen and oxygen atoms in total. The van der Waals surface area contributed by atoms with Crippen LogP contribution in [0.15, 0.2) is 18.2 Å². The van der Waals surface area contributed by atoms with Crippen LogP contribution in [0.3, 0.4) is 0 Å². The summed E-state index contributed by atoms with van der Waals surface area (Å²) < 4.78 is 26.1. The van der Waals surface area contributed by atoms with E-state index in [9.17, 15) is 24.3 Å². The lowest BCUT2D eigenvalue weighted by Gasteiger charge is -2.20. The number of carboxylic acid groups (broad SMARTS) is 1. The van der Waals surface area contributed by atoms with Crippen LogP contribution < -0.4 is 14.8 Å². The van der Waals surface area contributed by atoms with Crippen LogP contribution in [0.4, 0.5) is 9.59 Å². The molecule has 2 N–H and O–H groups in total. The largest absolute Gasteiger partial charge is 0.514 e. The van der Waals surface area contributed by atoms with Crippen molar-refractivity contribution >= 4 is 24.2 Å². The molecule has 0 aliphatic carbocycles. The van der Waals surface area contributed by atoms with Crippen LogP contribution in [-0.4, -0.2) is 60.3 Å². The van der Waals surface area contributed by atoms with Crippen LogP contribution in [0.5, 0.6) is 11.5 Å². The van der Waals surface area contributed by atoms with Gasteiger partial charge in [-0.05, 0) is 56.7 Å². The summed E-state index contributed by atoms with van der Waals surface area (Å²) in [6.45, 7) is 14.0. The van der Waals surface area contributed by atoms with E-state index in [4.69, 9.17) is 23.7 Å². The van der Waals surface area contributed by atoms with Gasteiger partial charge in [0.15, 0.2) is 11.5 Å². The molecule has 4 atom stereocenters. The number of carbonyl (C=O) groups is 4. The number of hydrogen-bond donors (Lipinski definition) is 2. The topological polar surface area (TPSA) is 147 Å². The van der Waals surface area contributed by atoms with Crippen molar-refractivity contribution in [2.75, 3.05) is 6.54 Å².